The fraction of sp³-hybridized carbons (Fsp3) is 1.00. The highest BCUT2D eigenvalue weighted by atomic mass is 28.4. The number of unbranched alkanes of at least 4 members (excludes halogenated alkanes) is 7. The maximum absolute atomic E-state index is 8.51. The number of aliphatic hydroxyl groups is 2. The SMILES string of the molecule is C[Si](C)(C)O[Si](C)(C)C.OCCCCCCCCCCO. The summed E-state index contributed by atoms with van der Waals surface area (Å²) < 4.78 is 5.90. The molecule has 0 aromatic rings. The average molecular weight is 337 g/mol. The molecule has 0 aliphatic heterocycles. The summed E-state index contributed by atoms with van der Waals surface area (Å²) in [6.45, 7) is 14.1. The molecule has 5 heteroatoms. The second kappa shape index (κ2) is 13.9. The Morgan fingerprint density at radius 3 is 0.905 bits per heavy atom. The van der Waals surface area contributed by atoms with E-state index < -0.39 is 16.6 Å². The summed E-state index contributed by atoms with van der Waals surface area (Å²) in [6, 6.07) is 0. The molecule has 0 fully saturated rings. The van der Waals surface area contributed by atoms with Crippen molar-refractivity contribution in [3.05, 3.63) is 0 Å². The van der Waals surface area contributed by atoms with Crippen molar-refractivity contribution in [3.63, 3.8) is 0 Å². The summed E-state index contributed by atoms with van der Waals surface area (Å²) in [5, 5.41) is 17.0. The van der Waals surface area contributed by atoms with Crippen molar-refractivity contribution in [1.82, 2.24) is 0 Å². The molecular weight excluding hydrogens is 296 g/mol. The van der Waals surface area contributed by atoms with Gasteiger partial charge in [-0.3, -0.25) is 0 Å². The van der Waals surface area contributed by atoms with Crippen LogP contribution in [0.4, 0.5) is 0 Å². The molecule has 0 radical (unpaired) electrons. The molecule has 0 atom stereocenters. The molecule has 130 valence electrons. The summed E-state index contributed by atoms with van der Waals surface area (Å²) >= 11 is 0. The molecule has 0 amide bonds. The van der Waals surface area contributed by atoms with Crippen LogP contribution in [0.15, 0.2) is 0 Å². The zero-order chi connectivity index (χ0) is 16.8. The molecule has 0 aliphatic carbocycles. The normalized spacial score (nSPS) is 12.0. The molecule has 2 N–H and O–H groups in total. The minimum Gasteiger partial charge on any atom is -0.456 e. The molecule has 0 aromatic heterocycles. The van der Waals surface area contributed by atoms with E-state index in [4.69, 9.17) is 14.3 Å². The van der Waals surface area contributed by atoms with E-state index in [1.807, 2.05) is 0 Å². The quantitative estimate of drug-likeness (QED) is 0.422. The highest BCUT2D eigenvalue weighted by Crippen LogP contribution is 2.12. The molecule has 0 saturated heterocycles. The summed E-state index contributed by atoms with van der Waals surface area (Å²) in [5.41, 5.74) is 0. The van der Waals surface area contributed by atoms with Crippen molar-refractivity contribution in [2.45, 2.75) is 90.6 Å². The van der Waals surface area contributed by atoms with E-state index in [-0.39, 0.29) is 0 Å². The number of rotatable bonds is 11. The molecule has 0 unspecified atom stereocenters. The zero-order valence-electron chi connectivity index (χ0n) is 15.4. The monoisotopic (exact) mass is 336 g/mol. The van der Waals surface area contributed by atoms with Crippen LogP contribution in [0.1, 0.15) is 51.4 Å². The Morgan fingerprint density at radius 2 is 0.762 bits per heavy atom. The molecule has 0 aromatic carbocycles. The second-order valence-electron chi connectivity index (χ2n) is 7.60. The third-order valence-corrected chi connectivity index (χ3v) is 7.58. The largest absolute Gasteiger partial charge is 0.456 e. The Morgan fingerprint density at radius 1 is 0.524 bits per heavy atom. The standard InChI is InChI=1S/C10H22O2.C6H18OSi2/c11-9-7-5-3-1-2-4-6-8-10-12;1-8(2,3)7-9(4,5)6/h11-12H,1-10H2;1-6H3. The lowest BCUT2D eigenvalue weighted by Gasteiger charge is -2.27. The molecule has 0 bridgehead atoms. The predicted octanol–water partition coefficient (Wildman–Crippen LogP) is 4.76. The van der Waals surface area contributed by atoms with E-state index in [0.29, 0.717) is 13.2 Å². The van der Waals surface area contributed by atoms with Gasteiger partial charge in [0.25, 0.3) is 0 Å². The molecule has 0 saturated carbocycles. The Kier molecular flexibility index (Phi) is 15.7. The van der Waals surface area contributed by atoms with Crippen LogP contribution >= 0.6 is 0 Å². The predicted molar refractivity (Wildman–Crippen MR) is 98.9 cm³/mol. The smallest absolute Gasteiger partial charge is 0.170 e. The lowest BCUT2D eigenvalue weighted by Crippen LogP contribution is -2.39. The van der Waals surface area contributed by atoms with Crippen molar-refractivity contribution in [1.29, 1.82) is 0 Å². The number of hydrogen-bond acceptors (Lipinski definition) is 3. The topological polar surface area (TPSA) is 49.7 Å². The molecule has 3 nitrogen and oxygen atoms in total. The van der Waals surface area contributed by atoms with E-state index in [0.717, 1.165) is 25.7 Å². The van der Waals surface area contributed by atoms with Crippen molar-refractivity contribution in [3.8, 4) is 0 Å². The van der Waals surface area contributed by atoms with Gasteiger partial charge in [0.05, 0.1) is 0 Å². The van der Waals surface area contributed by atoms with Gasteiger partial charge in [-0.25, -0.2) is 0 Å². The first-order chi connectivity index (χ1) is 9.62. The minimum atomic E-state index is -1.23. The van der Waals surface area contributed by atoms with Gasteiger partial charge in [-0.05, 0) is 52.1 Å². The highest BCUT2D eigenvalue weighted by molar-refractivity contribution is 6.83. The van der Waals surface area contributed by atoms with Crippen LogP contribution in [0.2, 0.25) is 39.3 Å². The lowest BCUT2D eigenvalue weighted by molar-refractivity contribution is 0.279. The van der Waals surface area contributed by atoms with Crippen molar-refractivity contribution < 1.29 is 14.3 Å². The Bertz CT molecular complexity index is 189. The Labute approximate surface area is 135 Å². The van der Waals surface area contributed by atoms with Crippen molar-refractivity contribution in [2.24, 2.45) is 0 Å². The minimum absolute atomic E-state index is 0.338. The number of hydrogen-bond donors (Lipinski definition) is 2. The van der Waals surface area contributed by atoms with Crippen LogP contribution in [-0.4, -0.2) is 40.1 Å². The van der Waals surface area contributed by atoms with Crippen LogP contribution in [0.3, 0.4) is 0 Å². The second-order valence-corrected chi connectivity index (χ2v) is 16.9. The van der Waals surface area contributed by atoms with Gasteiger partial charge in [0, 0.05) is 13.2 Å². The van der Waals surface area contributed by atoms with Crippen molar-refractivity contribution >= 4 is 16.6 Å². The maximum Gasteiger partial charge on any atom is 0.170 e. The summed E-state index contributed by atoms with van der Waals surface area (Å²) in [6.07, 6.45) is 9.30. The zero-order valence-corrected chi connectivity index (χ0v) is 17.4. The molecule has 21 heavy (non-hydrogen) atoms. The summed E-state index contributed by atoms with van der Waals surface area (Å²) in [7, 11) is -2.46. The fourth-order valence-corrected chi connectivity index (χ4v) is 9.55. The fourth-order valence-electron chi connectivity index (χ4n) is 2.20. The number of aliphatic hydroxyl groups excluding tert-OH is 2. The average Bonchev–Trinajstić information content (AvgIpc) is 2.29. The summed E-state index contributed by atoms with van der Waals surface area (Å²) in [5.74, 6) is 0. The van der Waals surface area contributed by atoms with E-state index in [2.05, 4.69) is 39.3 Å². The highest BCUT2D eigenvalue weighted by Gasteiger charge is 2.24. The van der Waals surface area contributed by atoms with Crippen molar-refractivity contribution in [2.75, 3.05) is 13.2 Å². The van der Waals surface area contributed by atoms with E-state index in [1.165, 1.54) is 25.7 Å². The molecule has 0 aliphatic rings. The van der Waals surface area contributed by atoms with Crippen LogP contribution in [0.25, 0.3) is 0 Å². The van der Waals surface area contributed by atoms with E-state index in [1.54, 1.807) is 0 Å². The molecule has 0 heterocycles. The van der Waals surface area contributed by atoms with Crippen LogP contribution in [-0.2, 0) is 4.12 Å². The Hall–Kier alpha value is 0.314. The van der Waals surface area contributed by atoms with Crippen LogP contribution in [0, 0.1) is 0 Å². The summed E-state index contributed by atoms with van der Waals surface area (Å²) in [4.78, 5) is 0. The van der Waals surface area contributed by atoms with Gasteiger partial charge in [0.15, 0.2) is 16.6 Å². The van der Waals surface area contributed by atoms with Gasteiger partial charge in [0.1, 0.15) is 0 Å². The van der Waals surface area contributed by atoms with Gasteiger partial charge < -0.3 is 14.3 Å². The van der Waals surface area contributed by atoms with E-state index >= 15 is 0 Å². The molecular formula is C16H40O3Si2. The van der Waals surface area contributed by atoms with Gasteiger partial charge in [0.2, 0.25) is 0 Å². The molecule has 0 spiro atoms. The Balaban J connectivity index is 0. The first-order valence-corrected chi connectivity index (χ1v) is 15.4. The van der Waals surface area contributed by atoms with Gasteiger partial charge in [-0.2, -0.15) is 0 Å². The first-order valence-electron chi connectivity index (χ1n) is 8.54. The van der Waals surface area contributed by atoms with Crippen LogP contribution in [0.5, 0.6) is 0 Å². The van der Waals surface area contributed by atoms with Crippen LogP contribution < -0.4 is 0 Å². The lowest BCUT2D eigenvalue weighted by atomic mass is 10.1. The maximum atomic E-state index is 8.51. The molecule has 0 rings (SSSR count). The van der Waals surface area contributed by atoms with Gasteiger partial charge in [-0.1, -0.05) is 38.5 Å². The first kappa shape index (κ1) is 23.6. The van der Waals surface area contributed by atoms with Gasteiger partial charge >= 0.3 is 0 Å². The van der Waals surface area contributed by atoms with Gasteiger partial charge in [-0.15, -0.1) is 0 Å². The third-order valence-electron chi connectivity index (χ3n) is 2.68. The third kappa shape index (κ3) is 29.1. The van der Waals surface area contributed by atoms with E-state index in [9.17, 15) is 0 Å².